The normalized spacial score (nSPS) is 19.7. The van der Waals surface area contributed by atoms with E-state index in [0.29, 0.717) is 5.92 Å². The second-order valence-corrected chi connectivity index (χ2v) is 3.49. The highest BCUT2D eigenvalue weighted by molar-refractivity contribution is 5.43. The van der Waals surface area contributed by atoms with Gasteiger partial charge in [0.25, 0.3) is 0 Å². The van der Waals surface area contributed by atoms with Crippen LogP contribution in [0.4, 0.5) is 0 Å². The quantitative estimate of drug-likeness (QED) is 0.720. The molecule has 0 fully saturated rings. The van der Waals surface area contributed by atoms with Crippen molar-refractivity contribution in [3.8, 4) is 0 Å². The Balaban J connectivity index is 0.000000921. The predicted octanol–water partition coefficient (Wildman–Crippen LogP) is 3.24. The van der Waals surface area contributed by atoms with Crippen LogP contribution in [0.3, 0.4) is 0 Å². The lowest BCUT2D eigenvalue weighted by atomic mass is 9.88. The van der Waals surface area contributed by atoms with Crippen molar-refractivity contribution in [3.05, 3.63) is 36.0 Å². The molecule has 0 spiro atoms. The first kappa shape index (κ1) is 14.1. The molecular weight excluding hydrogens is 186 g/mol. The zero-order valence-electron chi connectivity index (χ0n) is 10.5. The SMILES string of the molecule is C=C1C(C(C)C)=CC=CC1NOC.CC. The van der Waals surface area contributed by atoms with Gasteiger partial charge in [-0.2, -0.15) is 5.48 Å². The van der Waals surface area contributed by atoms with Gasteiger partial charge in [-0.05, 0) is 17.1 Å². The third-order valence-electron chi connectivity index (χ3n) is 2.19. The average Bonchev–Trinajstić information content (AvgIpc) is 2.24. The molecule has 0 aromatic rings. The van der Waals surface area contributed by atoms with Crippen molar-refractivity contribution >= 4 is 0 Å². The van der Waals surface area contributed by atoms with E-state index >= 15 is 0 Å². The fourth-order valence-corrected chi connectivity index (χ4v) is 1.47. The standard InChI is InChI=1S/C11H17NO.C2H6/c1-8(2)10-6-5-7-11(9(10)3)12-13-4;1-2/h5-8,11-12H,3H2,1-2,4H3;1-2H3. The van der Waals surface area contributed by atoms with Crippen LogP contribution in [-0.4, -0.2) is 13.2 Å². The van der Waals surface area contributed by atoms with E-state index in [1.807, 2.05) is 26.0 Å². The van der Waals surface area contributed by atoms with Crippen LogP contribution < -0.4 is 5.48 Å². The molecule has 0 amide bonds. The van der Waals surface area contributed by atoms with Crippen LogP contribution in [0.15, 0.2) is 36.0 Å². The Morgan fingerprint density at radius 3 is 2.47 bits per heavy atom. The van der Waals surface area contributed by atoms with Crippen LogP contribution in [0.5, 0.6) is 0 Å². The molecular formula is C13H23NO. The van der Waals surface area contributed by atoms with Gasteiger partial charge < -0.3 is 4.84 Å². The second kappa shape index (κ2) is 7.43. The van der Waals surface area contributed by atoms with Crippen LogP contribution in [0.1, 0.15) is 27.7 Å². The topological polar surface area (TPSA) is 21.3 Å². The molecule has 86 valence electrons. The van der Waals surface area contributed by atoms with E-state index in [1.165, 1.54) is 5.57 Å². The van der Waals surface area contributed by atoms with E-state index in [2.05, 4.69) is 32.0 Å². The minimum Gasteiger partial charge on any atom is -0.304 e. The Labute approximate surface area is 93.7 Å². The summed E-state index contributed by atoms with van der Waals surface area (Å²) in [6.45, 7) is 12.4. The molecule has 1 rings (SSSR count). The summed E-state index contributed by atoms with van der Waals surface area (Å²) in [4.78, 5) is 4.89. The fourth-order valence-electron chi connectivity index (χ4n) is 1.47. The average molecular weight is 209 g/mol. The summed E-state index contributed by atoms with van der Waals surface area (Å²) in [7, 11) is 1.62. The first-order valence-electron chi connectivity index (χ1n) is 5.53. The molecule has 1 aliphatic rings. The predicted molar refractivity (Wildman–Crippen MR) is 66.5 cm³/mol. The van der Waals surface area contributed by atoms with Crippen molar-refractivity contribution in [1.29, 1.82) is 0 Å². The van der Waals surface area contributed by atoms with Crippen LogP contribution in [0.2, 0.25) is 0 Å². The van der Waals surface area contributed by atoms with E-state index in [1.54, 1.807) is 7.11 Å². The van der Waals surface area contributed by atoms with Crippen molar-refractivity contribution in [2.75, 3.05) is 7.11 Å². The minimum atomic E-state index is 0.118. The highest BCUT2D eigenvalue weighted by Crippen LogP contribution is 2.24. The maximum Gasteiger partial charge on any atom is 0.0752 e. The summed E-state index contributed by atoms with van der Waals surface area (Å²) in [5.74, 6) is 0.513. The molecule has 1 unspecified atom stereocenters. The first-order valence-corrected chi connectivity index (χ1v) is 5.53. The number of hydrogen-bond donors (Lipinski definition) is 1. The molecule has 0 radical (unpaired) electrons. The smallest absolute Gasteiger partial charge is 0.0752 e. The Hall–Kier alpha value is -0.860. The molecule has 1 atom stereocenters. The van der Waals surface area contributed by atoms with Gasteiger partial charge in [-0.15, -0.1) is 0 Å². The van der Waals surface area contributed by atoms with Gasteiger partial charge in [-0.1, -0.05) is 52.5 Å². The van der Waals surface area contributed by atoms with Gasteiger partial charge in [0, 0.05) is 0 Å². The van der Waals surface area contributed by atoms with Crippen LogP contribution in [-0.2, 0) is 4.84 Å². The summed E-state index contributed by atoms with van der Waals surface area (Å²) in [6.07, 6.45) is 6.19. The summed E-state index contributed by atoms with van der Waals surface area (Å²) in [5, 5.41) is 0. The highest BCUT2D eigenvalue weighted by atomic mass is 16.6. The fraction of sp³-hybridized carbons (Fsp3) is 0.538. The molecule has 2 nitrogen and oxygen atoms in total. The minimum absolute atomic E-state index is 0.118. The summed E-state index contributed by atoms with van der Waals surface area (Å²) >= 11 is 0. The maximum atomic E-state index is 4.89. The van der Waals surface area contributed by atoms with Gasteiger partial charge in [-0.3, -0.25) is 0 Å². The second-order valence-electron chi connectivity index (χ2n) is 3.49. The van der Waals surface area contributed by atoms with Crippen molar-refractivity contribution in [1.82, 2.24) is 5.48 Å². The summed E-state index contributed by atoms with van der Waals surface area (Å²) in [6, 6.07) is 0.118. The Bertz CT molecular complexity index is 251. The van der Waals surface area contributed by atoms with Gasteiger partial charge in [0.2, 0.25) is 0 Å². The molecule has 0 aromatic heterocycles. The van der Waals surface area contributed by atoms with E-state index in [9.17, 15) is 0 Å². The van der Waals surface area contributed by atoms with E-state index in [0.717, 1.165) is 5.57 Å². The lowest BCUT2D eigenvalue weighted by Gasteiger charge is -2.23. The van der Waals surface area contributed by atoms with E-state index in [-0.39, 0.29) is 6.04 Å². The molecule has 0 aromatic carbocycles. The third kappa shape index (κ3) is 4.02. The van der Waals surface area contributed by atoms with Gasteiger partial charge in [-0.25, -0.2) is 0 Å². The van der Waals surface area contributed by atoms with Gasteiger partial charge in [0.15, 0.2) is 0 Å². The molecule has 1 aliphatic carbocycles. The molecule has 0 heterocycles. The largest absolute Gasteiger partial charge is 0.304 e. The number of nitrogens with one attached hydrogen (secondary N) is 1. The maximum absolute atomic E-state index is 4.89. The van der Waals surface area contributed by atoms with Crippen molar-refractivity contribution in [2.24, 2.45) is 5.92 Å². The van der Waals surface area contributed by atoms with Crippen molar-refractivity contribution in [3.63, 3.8) is 0 Å². The molecule has 0 saturated heterocycles. The molecule has 15 heavy (non-hydrogen) atoms. The van der Waals surface area contributed by atoms with E-state index < -0.39 is 0 Å². The zero-order chi connectivity index (χ0) is 11.8. The molecule has 2 heteroatoms. The molecule has 1 N–H and O–H groups in total. The molecule has 0 bridgehead atoms. The van der Waals surface area contributed by atoms with E-state index in [4.69, 9.17) is 4.84 Å². The number of rotatable bonds is 3. The molecule has 0 saturated carbocycles. The van der Waals surface area contributed by atoms with Crippen molar-refractivity contribution < 1.29 is 4.84 Å². The Morgan fingerprint density at radius 1 is 1.40 bits per heavy atom. The zero-order valence-corrected chi connectivity index (χ0v) is 10.5. The summed E-state index contributed by atoms with van der Waals surface area (Å²) < 4.78 is 0. The third-order valence-corrected chi connectivity index (χ3v) is 2.19. The van der Waals surface area contributed by atoms with Gasteiger partial charge >= 0.3 is 0 Å². The monoisotopic (exact) mass is 209 g/mol. The van der Waals surface area contributed by atoms with Gasteiger partial charge in [0.1, 0.15) is 0 Å². The number of hydroxylamine groups is 1. The Morgan fingerprint density at radius 2 is 2.00 bits per heavy atom. The number of allylic oxidation sites excluding steroid dienone is 2. The lowest BCUT2D eigenvalue weighted by Crippen LogP contribution is -2.30. The van der Waals surface area contributed by atoms with Crippen LogP contribution >= 0.6 is 0 Å². The first-order chi connectivity index (χ1) is 7.16. The highest BCUT2D eigenvalue weighted by Gasteiger charge is 2.17. The van der Waals surface area contributed by atoms with Crippen molar-refractivity contribution in [2.45, 2.75) is 33.7 Å². The van der Waals surface area contributed by atoms with Crippen LogP contribution in [0.25, 0.3) is 0 Å². The Kier molecular flexibility index (Phi) is 7.01. The molecule has 0 aliphatic heterocycles. The lowest BCUT2D eigenvalue weighted by molar-refractivity contribution is 0.0823. The summed E-state index contributed by atoms with van der Waals surface area (Å²) in [5.41, 5.74) is 5.28. The van der Waals surface area contributed by atoms with Gasteiger partial charge in [0.05, 0.1) is 13.2 Å². The van der Waals surface area contributed by atoms with Crippen LogP contribution in [0, 0.1) is 5.92 Å². The number of hydrogen-bond acceptors (Lipinski definition) is 2.